The Balaban J connectivity index is 2.06. The average molecular weight is 428 g/mol. The van der Waals surface area contributed by atoms with Crippen molar-refractivity contribution in [3.05, 3.63) is 98.0 Å². The molecule has 1 N–H and O–H groups in total. The molecule has 1 aromatic heterocycles. The Morgan fingerprint density at radius 2 is 1.59 bits per heavy atom. The fraction of sp³-hybridized carbons (Fsp3) is 0.296. The van der Waals surface area contributed by atoms with Crippen molar-refractivity contribution in [1.29, 1.82) is 5.26 Å². The Kier molecular flexibility index (Phi) is 7.27. The predicted octanol–water partition coefficient (Wildman–Crippen LogP) is 4.96. The number of nitriles is 1. The minimum Gasteiger partial charge on any atom is -0.346 e. The lowest BCUT2D eigenvalue weighted by Gasteiger charge is -2.20. The molecule has 0 atom stereocenters. The average Bonchev–Trinajstić information content (AvgIpc) is 2.80. The highest BCUT2D eigenvalue weighted by molar-refractivity contribution is 6.06. The second-order valence-corrected chi connectivity index (χ2v) is 7.86. The SMILES string of the molecule is CCc1cccc(CC)c1NC(=O)c1c(C)n(CCc2ccccc2)c(C)c(C#N)c1=O. The van der Waals surface area contributed by atoms with Gasteiger partial charge in [0, 0.05) is 23.6 Å². The molecule has 5 nitrogen and oxygen atoms in total. The first-order valence-electron chi connectivity index (χ1n) is 11.0. The lowest BCUT2D eigenvalue weighted by Crippen LogP contribution is -2.30. The summed E-state index contributed by atoms with van der Waals surface area (Å²) in [5, 5.41) is 12.7. The Labute approximate surface area is 189 Å². The summed E-state index contributed by atoms with van der Waals surface area (Å²) in [6.07, 6.45) is 2.26. The van der Waals surface area contributed by atoms with Gasteiger partial charge in [-0.15, -0.1) is 0 Å². The molecular formula is C27H29N3O2. The molecule has 0 fully saturated rings. The standard InChI is InChI=1S/C27H29N3O2/c1-5-21-13-10-14-22(6-2)25(21)29-27(32)24-19(4)30(18(3)23(17-28)26(24)31)16-15-20-11-8-7-9-12-20/h7-14H,5-6,15-16H2,1-4H3,(H,29,32). The number of nitrogens with zero attached hydrogens (tertiary/aromatic N) is 2. The van der Waals surface area contributed by atoms with Crippen molar-refractivity contribution in [2.45, 2.75) is 53.5 Å². The number of aromatic nitrogens is 1. The smallest absolute Gasteiger partial charge is 0.261 e. The summed E-state index contributed by atoms with van der Waals surface area (Å²) in [6.45, 7) is 8.18. The maximum atomic E-state index is 13.4. The maximum Gasteiger partial charge on any atom is 0.261 e. The maximum absolute atomic E-state index is 13.4. The van der Waals surface area contributed by atoms with Crippen LogP contribution in [0.25, 0.3) is 0 Å². The van der Waals surface area contributed by atoms with E-state index >= 15 is 0 Å². The third kappa shape index (κ3) is 4.50. The summed E-state index contributed by atoms with van der Waals surface area (Å²) >= 11 is 0. The number of para-hydroxylation sites is 1. The number of anilines is 1. The van der Waals surface area contributed by atoms with Gasteiger partial charge in [-0.05, 0) is 49.8 Å². The van der Waals surface area contributed by atoms with Gasteiger partial charge in [-0.3, -0.25) is 9.59 Å². The van der Waals surface area contributed by atoms with E-state index in [9.17, 15) is 14.9 Å². The summed E-state index contributed by atoms with van der Waals surface area (Å²) in [6, 6.07) is 18.0. The summed E-state index contributed by atoms with van der Waals surface area (Å²) in [7, 11) is 0. The lowest BCUT2D eigenvalue weighted by atomic mass is 10.0. The van der Waals surface area contributed by atoms with Crippen LogP contribution in [0.15, 0.2) is 53.3 Å². The molecule has 1 amide bonds. The zero-order valence-electron chi connectivity index (χ0n) is 19.2. The van der Waals surface area contributed by atoms with E-state index in [2.05, 4.69) is 5.32 Å². The number of hydrogen-bond acceptors (Lipinski definition) is 3. The van der Waals surface area contributed by atoms with Gasteiger partial charge >= 0.3 is 0 Å². The number of carbonyl (C=O) groups is 1. The van der Waals surface area contributed by atoms with Gasteiger partial charge in [-0.2, -0.15) is 5.26 Å². The number of nitrogens with one attached hydrogen (secondary N) is 1. The van der Waals surface area contributed by atoms with Crippen LogP contribution in [0.4, 0.5) is 5.69 Å². The van der Waals surface area contributed by atoms with E-state index in [0.717, 1.165) is 41.6 Å². The van der Waals surface area contributed by atoms with E-state index in [-0.39, 0.29) is 11.1 Å². The Morgan fingerprint density at radius 3 is 2.16 bits per heavy atom. The normalized spacial score (nSPS) is 10.6. The monoisotopic (exact) mass is 427 g/mol. The van der Waals surface area contributed by atoms with Crippen LogP contribution in [0.1, 0.15) is 57.8 Å². The molecule has 0 aliphatic rings. The quantitative estimate of drug-likeness (QED) is 0.579. The number of carbonyl (C=O) groups excluding carboxylic acids is 1. The van der Waals surface area contributed by atoms with Crippen molar-refractivity contribution in [2.24, 2.45) is 0 Å². The number of amides is 1. The largest absolute Gasteiger partial charge is 0.346 e. The summed E-state index contributed by atoms with van der Waals surface area (Å²) in [5.41, 5.74) is 4.66. The molecule has 0 spiro atoms. The molecule has 0 saturated carbocycles. The molecule has 3 aromatic rings. The van der Waals surface area contributed by atoms with Crippen LogP contribution in [-0.4, -0.2) is 10.5 Å². The molecule has 5 heteroatoms. The number of rotatable bonds is 7. The van der Waals surface area contributed by atoms with Gasteiger partial charge in [-0.25, -0.2) is 0 Å². The van der Waals surface area contributed by atoms with E-state index < -0.39 is 11.3 Å². The molecular weight excluding hydrogens is 398 g/mol. The molecule has 3 rings (SSSR count). The molecule has 0 unspecified atom stereocenters. The van der Waals surface area contributed by atoms with Crippen molar-refractivity contribution in [1.82, 2.24) is 4.57 Å². The van der Waals surface area contributed by atoms with E-state index in [1.54, 1.807) is 13.8 Å². The van der Waals surface area contributed by atoms with Gasteiger partial charge in [0.25, 0.3) is 5.91 Å². The Hall–Kier alpha value is -3.65. The lowest BCUT2D eigenvalue weighted by molar-refractivity contribution is 0.102. The highest BCUT2D eigenvalue weighted by atomic mass is 16.2. The van der Waals surface area contributed by atoms with Crippen molar-refractivity contribution < 1.29 is 4.79 Å². The predicted molar refractivity (Wildman–Crippen MR) is 128 cm³/mol. The fourth-order valence-electron chi connectivity index (χ4n) is 4.17. The van der Waals surface area contributed by atoms with Crippen molar-refractivity contribution in [2.75, 3.05) is 5.32 Å². The fourth-order valence-corrected chi connectivity index (χ4v) is 4.17. The molecule has 32 heavy (non-hydrogen) atoms. The second kappa shape index (κ2) is 10.1. The molecule has 0 radical (unpaired) electrons. The van der Waals surface area contributed by atoms with Crippen LogP contribution in [0.2, 0.25) is 0 Å². The summed E-state index contributed by atoms with van der Waals surface area (Å²) in [5.74, 6) is -0.465. The van der Waals surface area contributed by atoms with Crippen molar-refractivity contribution >= 4 is 11.6 Å². The molecule has 0 bridgehead atoms. The molecule has 2 aromatic carbocycles. The van der Waals surface area contributed by atoms with Crippen LogP contribution in [0, 0.1) is 25.2 Å². The molecule has 0 aliphatic heterocycles. The van der Waals surface area contributed by atoms with Crippen molar-refractivity contribution in [3.8, 4) is 6.07 Å². The molecule has 1 heterocycles. The van der Waals surface area contributed by atoms with Gasteiger partial charge in [0.05, 0.1) is 0 Å². The van der Waals surface area contributed by atoms with E-state index in [0.29, 0.717) is 17.9 Å². The van der Waals surface area contributed by atoms with Gasteiger partial charge in [0.1, 0.15) is 17.2 Å². The third-order valence-corrected chi connectivity index (χ3v) is 6.03. The number of pyridine rings is 1. The van der Waals surface area contributed by atoms with Gasteiger partial charge in [0.2, 0.25) is 5.43 Å². The van der Waals surface area contributed by atoms with Crippen LogP contribution in [-0.2, 0) is 25.8 Å². The van der Waals surface area contributed by atoms with Gasteiger partial charge in [0.15, 0.2) is 0 Å². The Morgan fingerprint density at radius 1 is 0.969 bits per heavy atom. The number of aryl methyl sites for hydroxylation is 3. The number of hydrogen-bond donors (Lipinski definition) is 1. The van der Waals surface area contributed by atoms with Gasteiger partial charge < -0.3 is 9.88 Å². The molecule has 164 valence electrons. The topological polar surface area (TPSA) is 74.9 Å². The number of benzene rings is 2. The second-order valence-electron chi connectivity index (χ2n) is 7.86. The Bertz CT molecular complexity index is 1210. The minimum atomic E-state index is -0.511. The highest BCUT2D eigenvalue weighted by Gasteiger charge is 2.23. The zero-order chi connectivity index (χ0) is 23.3. The van der Waals surface area contributed by atoms with E-state index in [1.807, 2.05) is 73.0 Å². The first-order valence-corrected chi connectivity index (χ1v) is 11.0. The van der Waals surface area contributed by atoms with Crippen LogP contribution in [0.3, 0.4) is 0 Å². The summed E-state index contributed by atoms with van der Waals surface area (Å²) in [4.78, 5) is 26.5. The zero-order valence-corrected chi connectivity index (χ0v) is 19.2. The van der Waals surface area contributed by atoms with Crippen LogP contribution in [0.5, 0.6) is 0 Å². The van der Waals surface area contributed by atoms with Crippen LogP contribution < -0.4 is 10.7 Å². The minimum absolute atomic E-state index is 0.0216. The first-order chi connectivity index (χ1) is 15.4. The van der Waals surface area contributed by atoms with Gasteiger partial charge in [-0.1, -0.05) is 62.4 Å². The van der Waals surface area contributed by atoms with Crippen molar-refractivity contribution in [3.63, 3.8) is 0 Å². The van der Waals surface area contributed by atoms with E-state index in [4.69, 9.17) is 0 Å². The first kappa shape index (κ1) is 23.0. The third-order valence-electron chi connectivity index (χ3n) is 6.03. The molecule has 0 aliphatic carbocycles. The van der Waals surface area contributed by atoms with E-state index in [1.165, 1.54) is 0 Å². The van der Waals surface area contributed by atoms with Crippen LogP contribution >= 0.6 is 0 Å². The summed E-state index contributed by atoms with van der Waals surface area (Å²) < 4.78 is 1.91. The molecule has 0 saturated heterocycles. The highest BCUT2D eigenvalue weighted by Crippen LogP contribution is 2.24.